The number of pyridine rings is 1. The zero-order valence-electron chi connectivity index (χ0n) is 23.6. The van der Waals surface area contributed by atoms with Crippen LogP contribution in [0, 0.1) is 25.2 Å². The predicted molar refractivity (Wildman–Crippen MR) is 151 cm³/mol. The van der Waals surface area contributed by atoms with Crippen molar-refractivity contribution in [3.63, 3.8) is 0 Å². The summed E-state index contributed by atoms with van der Waals surface area (Å²) in [6.45, 7) is 16.5. The lowest BCUT2D eigenvalue weighted by molar-refractivity contribution is 0.0982. The minimum atomic E-state index is -0.185. The van der Waals surface area contributed by atoms with Crippen LogP contribution in [0.3, 0.4) is 0 Å². The maximum Gasteiger partial charge on any atom is 0.255 e. The van der Waals surface area contributed by atoms with Crippen molar-refractivity contribution in [2.45, 2.75) is 73.3 Å². The van der Waals surface area contributed by atoms with Crippen LogP contribution >= 0.6 is 0 Å². The van der Waals surface area contributed by atoms with Gasteiger partial charge in [0, 0.05) is 46.9 Å². The summed E-state index contributed by atoms with van der Waals surface area (Å²) >= 11 is 0. The van der Waals surface area contributed by atoms with E-state index in [9.17, 15) is 9.59 Å². The van der Waals surface area contributed by atoms with E-state index in [4.69, 9.17) is 4.74 Å². The summed E-state index contributed by atoms with van der Waals surface area (Å²) in [7, 11) is 1.56. The molecule has 1 aliphatic heterocycles. The summed E-state index contributed by atoms with van der Waals surface area (Å²) in [4.78, 5) is 31.6. The highest BCUT2D eigenvalue weighted by Crippen LogP contribution is 2.36. The number of hydrogen-bond acceptors (Lipinski definition) is 4. The quantitative estimate of drug-likeness (QED) is 0.376. The molecule has 4 rings (SSSR count). The van der Waals surface area contributed by atoms with Crippen LogP contribution in [0.15, 0.2) is 35.1 Å². The van der Waals surface area contributed by atoms with Crippen LogP contribution in [-0.4, -0.2) is 47.0 Å². The van der Waals surface area contributed by atoms with Crippen molar-refractivity contribution in [2.75, 3.05) is 26.7 Å². The third-order valence-corrected chi connectivity index (χ3v) is 7.91. The third-order valence-electron chi connectivity index (χ3n) is 7.91. The van der Waals surface area contributed by atoms with Gasteiger partial charge in [0.05, 0.1) is 12.7 Å². The first-order chi connectivity index (χ1) is 17.5. The number of aryl methyl sites for hydroxylation is 1. The SMILES string of the molecule is COc1cc(C)[nH]c(=O)c1CCC(=O)c1c(C)n([C@H](C)C2CCN(CC(C)(C)C)CC2)c2ccccc12. The van der Waals surface area contributed by atoms with Gasteiger partial charge in [0.25, 0.3) is 5.56 Å². The largest absolute Gasteiger partial charge is 0.496 e. The van der Waals surface area contributed by atoms with Gasteiger partial charge in [-0.3, -0.25) is 9.59 Å². The number of ether oxygens (including phenoxy) is 1. The second-order valence-electron chi connectivity index (χ2n) is 12.0. The number of ketones is 1. The molecule has 200 valence electrons. The number of nitrogens with zero attached hydrogens (tertiary/aromatic N) is 2. The fourth-order valence-electron chi connectivity index (χ4n) is 6.21. The minimum absolute atomic E-state index is 0.0710. The van der Waals surface area contributed by atoms with Crippen molar-refractivity contribution in [3.05, 3.63) is 63.2 Å². The number of hydrogen-bond donors (Lipinski definition) is 1. The summed E-state index contributed by atoms with van der Waals surface area (Å²) in [5.41, 5.74) is 4.34. The Hall–Kier alpha value is -2.86. The van der Waals surface area contributed by atoms with Crippen LogP contribution in [0.25, 0.3) is 10.9 Å². The maximum absolute atomic E-state index is 13.6. The molecule has 0 aliphatic carbocycles. The Morgan fingerprint density at radius 2 is 1.84 bits per heavy atom. The number of fused-ring (bicyclic) bond motifs is 1. The summed E-state index contributed by atoms with van der Waals surface area (Å²) in [6.07, 6.45) is 2.94. The fourth-order valence-corrected chi connectivity index (χ4v) is 6.21. The molecule has 0 bridgehead atoms. The Labute approximate surface area is 221 Å². The smallest absolute Gasteiger partial charge is 0.255 e. The van der Waals surface area contributed by atoms with Gasteiger partial charge in [0.15, 0.2) is 5.78 Å². The van der Waals surface area contributed by atoms with Gasteiger partial charge in [0.1, 0.15) is 5.75 Å². The van der Waals surface area contributed by atoms with Gasteiger partial charge in [-0.05, 0) is 76.6 Å². The summed E-state index contributed by atoms with van der Waals surface area (Å²) in [5, 5.41) is 1.01. The number of benzene rings is 1. The molecule has 0 amide bonds. The van der Waals surface area contributed by atoms with Crippen molar-refractivity contribution in [1.82, 2.24) is 14.5 Å². The topological polar surface area (TPSA) is 67.3 Å². The molecule has 0 unspecified atom stereocenters. The van der Waals surface area contributed by atoms with E-state index < -0.39 is 0 Å². The Morgan fingerprint density at radius 1 is 1.16 bits per heavy atom. The van der Waals surface area contributed by atoms with Gasteiger partial charge >= 0.3 is 0 Å². The minimum Gasteiger partial charge on any atom is -0.496 e. The van der Waals surface area contributed by atoms with E-state index >= 15 is 0 Å². The fraction of sp³-hybridized carbons (Fsp3) is 0.548. The number of para-hydroxylation sites is 1. The van der Waals surface area contributed by atoms with Gasteiger partial charge in [-0.15, -0.1) is 0 Å². The molecule has 6 heteroatoms. The summed E-state index contributed by atoms with van der Waals surface area (Å²) in [5.74, 6) is 1.19. The van der Waals surface area contributed by atoms with E-state index in [1.54, 1.807) is 7.11 Å². The molecule has 0 radical (unpaired) electrons. The number of Topliss-reactive ketones (excluding diaryl/α,β-unsaturated/α-hetero) is 1. The monoisotopic (exact) mass is 505 g/mol. The van der Waals surface area contributed by atoms with E-state index in [0.29, 0.717) is 35.1 Å². The molecule has 37 heavy (non-hydrogen) atoms. The molecule has 0 saturated carbocycles. The van der Waals surface area contributed by atoms with Gasteiger partial charge in [-0.2, -0.15) is 0 Å². The lowest BCUT2D eigenvalue weighted by atomic mass is 9.88. The molecule has 1 N–H and O–H groups in total. The number of carbonyl (C=O) groups is 1. The molecule has 2 aromatic heterocycles. The Bertz CT molecular complexity index is 1320. The first kappa shape index (κ1) is 27.2. The molecule has 1 saturated heterocycles. The number of aromatic nitrogens is 2. The van der Waals surface area contributed by atoms with E-state index in [0.717, 1.165) is 47.5 Å². The van der Waals surface area contributed by atoms with Crippen LogP contribution in [0.5, 0.6) is 5.75 Å². The van der Waals surface area contributed by atoms with Crippen molar-refractivity contribution in [3.8, 4) is 5.75 Å². The lowest BCUT2D eigenvalue weighted by Gasteiger charge is -2.38. The predicted octanol–water partition coefficient (Wildman–Crippen LogP) is 6.09. The number of rotatable bonds is 8. The van der Waals surface area contributed by atoms with E-state index in [1.165, 1.54) is 12.8 Å². The highest BCUT2D eigenvalue weighted by Gasteiger charge is 2.30. The van der Waals surface area contributed by atoms with Crippen LogP contribution in [0.1, 0.15) is 80.3 Å². The average Bonchev–Trinajstić information content (AvgIpc) is 3.13. The molecule has 3 heterocycles. The van der Waals surface area contributed by atoms with E-state index in [-0.39, 0.29) is 17.8 Å². The first-order valence-electron chi connectivity index (χ1n) is 13.6. The Kier molecular flexibility index (Phi) is 7.98. The number of carbonyl (C=O) groups excluding carboxylic acids is 1. The zero-order valence-corrected chi connectivity index (χ0v) is 23.6. The molecule has 1 fully saturated rings. The molecule has 1 aromatic carbocycles. The summed E-state index contributed by atoms with van der Waals surface area (Å²) < 4.78 is 7.83. The normalized spacial score (nSPS) is 16.3. The highest BCUT2D eigenvalue weighted by molar-refractivity contribution is 6.09. The maximum atomic E-state index is 13.6. The summed E-state index contributed by atoms with van der Waals surface area (Å²) in [6, 6.07) is 10.4. The van der Waals surface area contributed by atoms with Crippen LogP contribution in [0.4, 0.5) is 0 Å². The van der Waals surface area contributed by atoms with Crippen LogP contribution in [0.2, 0.25) is 0 Å². The lowest BCUT2D eigenvalue weighted by Crippen LogP contribution is -2.40. The number of piperidine rings is 1. The molecule has 0 spiro atoms. The molecule has 3 aromatic rings. The van der Waals surface area contributed by atoms with E-state index in [1.807, 2.05) is 19.1 Å². The number of methoxy groups -OCH3 is 1. The zero-order chi connectivity index (χ0) is 26.9. The molecule has 1 atom stereocenters. The molecular formula is C31H43N3O3. The van der Waals surface area contributed by atoms with Gasteiger partial charge in [-0.1, -0.05) is 39.0 Å². The molecular weight excluding hydrogens is 462 g/mol. The number of nitrogens with one attached hydrogen (secondary N) is 1. The standard InChI is InChI=1S/C31H43N3O3/c1-20-18-28(37-7)25(30(36)32-20)12-13-27(35)29-22(3)34(26-11-9-8-10-24(26)29)21(2)23-14-16-33(17-15-23)19-31(4,5)6/h8-11,18,21,23H,12-17,19H2,1-7H3,(H,32,36)/t21-/m1/s1. The molecule has 1 aliphatic rings. The van der Waals surface area contributed by atoms with E-state index in [2.05, 4.69) is 67.3 Å². The number of aromatic amines is 1. The van der Waals surface area contributed by atoms with Crippen molar-refractivity contribution in [1.29, 1.82) is 0 Å². The highest BCUT2D eigenvalue weighted by atomic mass is 16.5. The van der Waals surface area contributed by atoms with Crippen LogP contribution < -0.4 is 10.3 Å². The van der Waals surface area contributed by atoms with Gasteiger partial charge < -0.3 is 19.2 Å². The van der Waals surface area contributed by atoms with Gasteiger partial charge in [0.2, 0.25) is 0 Å². The second kappa shape index (κ2) is 10.9. The molecule has 6 nitrogen and oxygen atoms in total. The van der Waals surface area contributed by atoms with Crippen molar-refractivity contribution >= 4 is 16.7 Å². The van der Waals surface area contributed by atoms with Crippen molar-refractivity contribution in [2.24, 2.45) is 11.3 Å². The van der Waals surface area contributed by atoms with Gasteiger partial charge in [-0.25, -0.2) is 0 Å². The second-order valence-corrected chi connectivity index (χ2v) is 12.0. The van der Waals surface area contributed by atoms with Crippen molar-refractivity contribution < 1.29 is 9.53 Å². The number of likely N-dealkylation sites (tertiary alicyclic amines) is 1. The first-order valence-corrected chi connectivity index (χ1v) is 13.6. The average molecular weight is 506 g/mol. The Balaban J connectivity index is 1.58. The number of H-pyrrole nitrogens is 1. The van der Waals surface area contributed by atoms with Crippen LogP contribution in [-0.2, 0) is 6.42 Å². The third kappa shape index (κ3) is 5.85. The Morgan fingerprint density at radius 3 is 2.49 bits per heavy atom.